The Kier molecular flexibility index (Phi) is 2.67. The van der Waals surface area contributed by atoms with E-state index < -0.39 is 0 Å². The van der Waals surface area contributed by atoms with E-state index in [1.165, 1.54) is 12.0 Å². The number of aromatic nitrogens is 3. The van der Waals surface area contributed by atoms with E-state index >= 15 is 0 Å². The van der Waals surface area contributed by atoms with Crippen molar-refractivity contribution in [3.05, 3.63) is 47.5 Å². The Labute approximate surface area is 101 Å². The molecule has 1 aromatic carbocycles. The molecule has 0 N–H and O–H groups in total. The first-order chi connectivity index (χ1) is 8.33. The number of rotatable bonds is 2. The fourth-order valence-corrected chi connectivity index (χ4v) is 2.46. The van der Waals surface area contributed by atoms with E-state index in [4.69, 9.17) is 0 Å². The molecule has 0 fully saturated rings. The van der Waals surface area contributed by atoms with Crippen LogP contribution in [-0.2, 0) is 19.4 Å². The van der Waals surface area contributed by atoms with E-state index in [9.17, 15) is 0 Å². The highest BCUT2D eigenvalue weighted by Gasteiger charge is 2.19. The molecule has 0 amide bonds. The maximum Gasteiger partial charge on any atom is 0.137 e. The highest BCUT2D eigenvalue weighted by atomic mass is 15.3. The van der Waals surface area contributed by atoms with Gasteiger partial charge in [0.05, 0.1) is 0 Å². The van der Waals surface area contributed by atoms with Crippen LogP contribution in [0.2, 0.25) is 0 Å². The Balaban J connectivity index is 1.87. The summed E-state index contributed by atoms with van der Waals surface area (Å²) in [5, 5.41) is 8.64. The Hall–Kier alpha value is -1.64. The second kappa shape index (κ2) is 4.32. The van der Waals surface area contributed by atoms with Gasteiger partial charge in [0, 0.05) is 19.4 Å². The molecule has 0 saturated carbocycles. The van der Waals surface area contributed by atoms with Gasteiger partial charge in [0.25, 0.3) is 0 Å². The molecule has 1 aliphatic rings. The molecule has 0 bridgehead atoms. The number of benzene rings is 1. The summed E-state index contributed by atoms with van der Waals surface area (Å²) in [6.45, 7) is 3.37. The fourth-order valence-electron chi connectivity index (χ4n) is 2.46. The van der Waals surface area contributed by atoms with Crippen LogP contribution in [0.3, 0.4) is 0 Å². The van der Waals surface area contributed by atoms with E-state index in [0.29, 0.717) is 0 Å². The van der Waals surface area contributed by atoms with Crippen LogP contribution in [0.25, 0.3) is 0 Å². The van der Waals surface area contributed by atoms with Crippen molar-refractivity contribution in [2.75, 3.05) is 0 Å². The number of hydrogen-bond acceptors (Lipinski definition) is 2. The maximum absolute atomic E-state index is 4.34. The Morgan fingerprint density at radius 2 is 2.06 bits per heavy atom. The molecule has 1 aromatic heterocycles. The molecule has 2 aromatic rings. The van der Waals surface area contributed by atoms with Crippen LogP contribution in [-0.4, -0.2) is 14.8 Å². The molecule has 88 valence electrons. The Morgan fingerprint density at radius 1 is 1.24 bits per heavy atom. The SMILES string of the molecule is CC1CCc2nnc(Cc3ccccc3)n2C1. The Morgan fingerprint density at radius 3 is 2.88 bits per heavy atom. The second-order valence-corrected chi connectivity index (χ2v) is 4.95. The summed E-state index contributed by atoms with van der Waals surface area (Å²) in [5.41, 5.74) is 1.31. The monoisotopic (exact) mass is 227 g/mol. The van der Waals surface area contributed by atoms with Gasteiger partial charge in [0.2, 0.25) is 0 Å². The zero-order valence-electron chi connectivity index (χ0n) is 10.1. The first-order valence-corrected chi connectivity index (χ1v) is 6.28. The summed E-state index contributed by atoms with van der Waals surface area (Å²) >= 11 is 0. The zero-order valence-corrected chi connectivity index (χ0v) is 10.1. The van der Waals surface area contributed by atoms with E-state index in [1.807, 2.05) is 6.07 Å². The number of hydrogen-bond donors (Lipinski definition) is 0. The fraction of sp³-hybridized carbons (Fsp3) is 0.429. The normalized spacial score (nSPS) is 19.0. The third-order valence-corrected chi connectivity index (χ3v) is 3.46. The van der Waals surface area contributed by atoms with E-state index in [2.05, 4.69) is 46.0 Å². The first kappa shape index (κ1) is 10.5. The number of nitrogens with zero attached hydrogens (tertiary/aromatic N) is 3. The van der Waals surface area contributed by atoms with Gasteiger partial charge in [-0.3, -0.25) is 0 Å². The smallest absolute Gasteiger partial charge is 0.137 e. The largest absolute Gasteiger partial charge is 0.314 e. The first-order valence-electron chi connectivity index (χ1n) is 6.28. The van der Waals surface area contributed by atoms with Crippen molar-refractivity contribution < 1.29 is 0 Å². The molecule has 0 spiro atoms. The van der Waals surface area contributed by atoms with Crippen LogP contribution in [0.5, 0.6) is 0 Å². The van der Waals surface area contributed by atoms with E-state index in [-0.39, 0.29) is 0 Å². The third kappa shape index (κ3) is 2.09. The van der Waals surface area contributed by atoms with Crippen molar-refractivity contribution in [3.63, 3.8) is 0 Å². The standard InChI is InChI=1S/C14H17N3/c1-11-7-8-13-15-16-14(17(13)10-11)9-12-5-3-2-4-6-12/h2-6,11H,7-10H2,1H3. The minimum absolute atomic E-state index is 0.744. The van der Waals surface area contributed by atoms with Gasteiger partial charge in [-0.1, -0.05) is 37.3 Å². The predicted molar refractivity (Wildman–Crippen MR) is 66.8 cm³/mol. The minimum Gasteiger partial charge on any atom is -0.314 e. The average molecular weight is 227 g/mol. The highest BCUT2D eigenvalue weighted by Crippen LogP contribution is 2.20. The van der Waals surface area contributed by atoms with E-state index in [0.717, 1.165) is 37.0 Å². The van der Waals surface area contributed by atoms with Crippen LogP contribution >= 0.6 is 0 Å². The summed E-state index contributed by atoms with van der Waals surface area (Å²) in [5.74, 6) is 3.01. The lowest BCUT2D eigenvalue weighted by Crippen LogP contribution is -2.20. The molecule has 0 saturated heterocycles. The van der Waals surface area contributed by atoms with Crippen molar-refractivity contribution in [2.45, 2.75) is 32.7 Å². The van der Waals surface area contributed by atoms with Gasteiger partial charge in [0.15, 0.2) is 0 Å². The van der Waals surface area contributed by atoms with Crippen LogP contribution in [0.1, 0.15) is 30.6 Å². The van der Waals surface area contributed by atoms with Crippen molar-refractivity contribution in [1.82, 2.24) is 14.8 Å². The summed E-state index contributed by atoms with van der Waals surface area (Å²) < 4.78 is 2.31. The van der Waals surface area contributed by atoms with Gasteiger partial charge in [0.1, 0.15) is 11.6 Å². The zero-order chi connectivity index (χ0) is 11.7. The second-order valence-electron chi connectivity index (χ2n) is 4.95. The van der Waals surface area contributed by atoms with Crippen molar-refractivity contribution in [3.8, 4) is 0 Å². The van der Waals surface area contributed by atoms with Crippen molar-refractivity contribution >= 4 is 0 Å². The van der Waals surface area contributed by atoms with Crippen molar-refractivity contribution in [2.24, 2.45) is 5.92 Å². The minimum atomic E-state index is 0.744. The van der Waals surface area contributed by atoms with Gasteiger partial charge in [-0.2, -0.15) is 0 Å². The summed E-state index contributed by atoms with van der Waals surface area (Å²) in [4.78, 5) is 0. The average Bonchev–Trinajstić information content (AvgIpc) is 2.73. The van der Waals surface area contributed by atoms with Gasteiger partial charge < -0.3 is 4.57 Å². The molecule has 3 heteroatoms. The molecule has 0 radical (unpaired) electrons. The number of fused-ring (bicyclic) bond motifs is 1. The molecular weight excluding hydrogens is 210 g/mol. The molecule has 2 heterocycles. The van der Waals surface area contributed by atoms with Crippen LogP contribution in [0.4, 0.5) is 0 Å². The highest BCUT2D eigenvalue weighted by molar-refractivity contribution is 5.19. The van der Waals surface area contributed by atoms with Gasteiger partial charge in [-0.25, -0.2) is 0 Å². The van der Waals surface area contributed by atoms with Crippen LogP contribution in [0, 0.1) is 5.92 Å². The lowest BCUT2D eigenvalue weighted by Gasteiger charge is -2.20. The summed E-state index contributed by atoms with van der Waals surface area (Å²) in [6, 6.07) is 10.5. The van der Waals surface area contributed by atoms with Crippen LogP contribution in [0.15, 0.2) is 30.3 Å². The lowest BCUT2D eigenvalue weighted by atomic mass is 10.0. The quantitative estimate of drug-likeness (QED) is 0.789. The molecule has 17 heavy (non-hydrogen) atoms. The molecular formula is C14H17N3. The molecule has 3 nitrogen and oxygen atoms in total. The van der Waals surface area contributed by atoms with Gasteiger partial charge in [-0.05, 0) is 17.9 Å². The third-order valence-electron chi connectivity index (χ3n) is 3.46. The molecule has 1 aliphatic heterocycles. The summed E-state index contributed by atoms with van der Waals surface area (Å²) in [6.07, 6.45) is 3.20. The molecule has 1 atom stereocenters. The predicted octanol–water partition coefficient (Wildman–Crippen LogP) is 2.45. The lowest BCUT2D eigenvalue weighted by molar-refractivity contribution is 0.387. The van der Waals surface area contributed by atoms with Gasteiger partial charge >= 0.3 is 0 Å². The van der Waals surface area contributed by atoms with Gasteiger partial charge in [-0.15, -0.1) is 10.2 Å². The molecule has 1 unspecified atom stereocenters. The number of aryl methyl sites for hydroxylation is 1. The van der Waals surface area contributed by atoms with Crippen molar-refractivity contribution in [1.29, 1.82) is 0 Å². The molecule has 3 rings (SSSR count). The maximum atomic E-state index is 4.34. The van der Waals surface area contributed by atoms with E-state index in [1.54, 1.807) is 0 Å². The Bertz CT molecular complexity index is 501. The van der Waals surface area contributed by atoms with Crippen LogP contribution < -0.4 is 0 Å². The summed E-state index contributed by atoms with van der Waals surface area (Å²) in [7, 11) is 0. The topological polar surface area (TPSA) is 30.7 Å². The molecule has 0 aliphatic carbocycles.